The van der Waals surface area contributed by atoms with Crippen molar-refractivity contribution in [1.82, 2.24) is 10.2 Å². The number of nitrogens with zero attached hydrogens (tertiary/aromatic N) is 3. The fourth-order valence-electron chi connectivity index (χ4n) is 3.80. The number of alkyl halides is 3. The van der Waals surface area contributed by atoms with E-state index in [4.69, 9.17) is 4.74 Å². The molecule has 1 amide bonds. The third kappa shape index (κ3) is 5.60. The molecule has 2 aliphatic rings. The highest BCUT2D eigenvalue weighted by Gasteiger charge is 2.34. The zero-order valence-corrected chi connectivity index (χ0v) is 16.5. The second kappa shape index (κ2) is 9.61. The van der Waals surface area contributed by atoms with Crippen molar-refractivity contribution >= 4 is 17.3 Å². The molecular formula is C19H25F3N4O4. The quantitative estimate of drug-likeness (QED) is 0.550. The summed E-state index contributed by atoms with van der Waals surface area (Å²) in [6.45, 7) is 5.13. The van der Waals surface area contributed by atoms with Crippen molar-refractivity contribution < 1.29 is 27.6 Å². The van der Waals surface area contributed by atoms with Crippen molar-refractivity contribution in [2.24, 2.45) is 5.92 Å². The lowest BCUT2D eigenvalue weighted by Gasteiger charge is -2.33. The number of rotatable bonds is 6. The number of morpholine rings is 1. The number of hydrogen-bond acceptors (Lipinski definition) is 6. The van der Waals surface area contributed by atoms with Gasteiger partial charge in [0.15, 0.2) is 0 Å². The van der Waals surface area contributed by atoms with Crippen LogP contribution in [0, 0.1) is 16.0 Å². The molecule has 1 N–H and O–H groups in total. The summed E-state index contributed by atoms with van der Waals surface area (Å²) in [6, 6.07) is 2.57. The molecule has 3 rings (SSSR count). The van der Waals surface area contributed by atoms with Gasteiger partial charge in [-0.1, -0.05) is 0 Å². The molecule has 166 valence electrons. The van der Waals surface area contributed by atoms with Crippen molar-refractivity contribution in [1.29, 1.82) is 0 Å². The maximum atomic E-state index is 12.9. The molecule has 0 radical (unpaired) electrons. The number of benzene rings is 1. The van der Waals surface area contributed by atoms with Gasteiger partial charge in [-0.2, -0.15) is 13.2 Å². The first-order valence-corrected chi connectivity index (χ1v) is 9.94. The summed E-state index contributed by atoms with van der Waals surface area (Å²) in [4.78, 5) is 26.8. The number of carbonyl (C=O) groups is 1. The van der Waals surface area contributed by atoms with E-state index >= 15 is 0 Å². The molecule has 30 heavy (non-hydrogen) atoms. The normalized spacial score (nSPS) is 19.0. The van der Waals surface area contributed by atoms with E-state index in [9.17, 15) is 28.1 Å². The van der Waals surface area contributed by atoms with Gasteiger partial charge in [0.1, 0.15) is 5.69 Å². The third-order valence-corrected chi connectivity index (χ3v) is 5.54. The molecule has 0 aromatic heterocycles. The number of nitro benzene ring substituents is 1. The Morgan fingerprint density at radius 2 is 1.87 bits per heavy atom. The van der Waals surface area contributed by atoms with Crippen molar-refractivity contribution in [3.63, 3.8) is 0 Å². The van der Waals surface area contributed by atoms with E-state index in [0.29, 0.717) is 51.8 Å². The van der Waals surface area contributed by atoms with Gasteiger partial charge in [0.05, 0.1) is 23.7 Å². The Labute approximate surface area is 172 Å². The van der Waals surface area contributed by atoms with Crippen LogP contribution in [-0.2, 0) is 15.7 Å². The summed E-state index contributed by atoms with van der Waals surface area (Å²) in [5, 5.41) is 14.2. The van der Waals surface area contributed by atoms with E-state index in [-0.39, 0.29) is 17.5 Å². The lowest BCUT2D eigenvalue weighted by atomic mass is 9.95. The van der Waals surface area contributed by atoms with Crippen LogP contribution in [0.2, 0.25) is 0 Å². The van der Waals surface area contributed by atoms with E-state index in [1.54, 1.807) is 4.90 Å². The van der Waals surface area contributed by atoms with Crippen LogP contribution in [0.4, 0.5) is 24.5 Å². The lowest BCUT2D eigenvalue weighted by molar-refractivity contribution is -0.384. The molecule has 1 aromatic carbocycles. The Kier molecular flexibility index (Phi) is 7.14. The largest absolute Gasteiger partial charge is 0.416 e. The molecule has 8 nitrogen and oxygen atoms in total. The Bertz CT molecular complexity index is 761. The van der Waals surface area contributed by atoms with Crippen molar-refractivity contribution in [2.45, 2.75) is 19.0 Å². The molecule has 0 spiro atoms. The Morgan fingerprint density at radius 1 is 1.20 bits per heavy atom. The second-order valence-electron chi connectivity index (χ2n) is 7.46. The number of carbonyl (C=O) groups excluding carboxylic acids is 1. The highest BCUT2D eigenvalue weighted by atomic mass is 19.4. The Morgan fingerprint density at radius 3 is 2.47 bits per heavy atom. The molecule has 1 aromatic rings. The van der Waals surface area contributed by atoms with E-state index in [0.717, 1.165) is 31.8 Å². The van der Waals surface area contributed by atoms with Crippen LogP contribution in [-0.4, -0.2) is 68.2 Å². The summed E-state index contributed by atoms with van der Waals surface area (Å²) in [6.07, 6.45) is -3.67. The molecule has 0 saturated carbocycles. The number of piperidine rings is 1. The van der Waals surface area contributed by atoms with Gasteiger partial charge < -0.3 is 15.0 Å². The second-order valence-corrected chi connectivity index (χ2v) is 7.46. The van der Waals surface area contributed by atoms with Crippen LogP contribution in [0.1, 0.15) is 18.4 Å². The van der Waals surface area contributed by atoms with E-state index in [1.807, 2.05) is 0 Å². The smallest absolute Gasteiger partial charge is 0.379 e. The van der Waals surface area contributed by atoms with Gasteiger partial charge >= 0.3 is 6.18 Å². The molecule has 0 unspecified atom stereocenters. The van der Waals surface area contributed by atoms with Crippen LogP contribution in [0.5, 0.6) is 0 Å². The predicted octanol–water partition coefficient (Wildman–Crippen LogP) is 2.28. The van der Waals surface area contributed by atoms with Crippen LogP contribution in [0.25, 0.3) is 0 Å². The summed E-state index contributed by atoms with van der Waals surface area (Å²) in [7, 11) is 0. The number of amides is 1. The van der Waals surface area contributed by atoms with Crippen molar-refractivity contribution in [2.75, 3.05) is 57.4 Å². The third-order valence-electron chi connectivity index (χ3n) is 5.54. The maximum absolute atomic E-state index is 12.9. The van der Waals surface area contributed by atoms with E-state index in [2.05, 4.69) is 10.2 Å². The molecule has 11 heteroatoms. The topological polar surface area (TPSA) is 88.0 Å². The van der Waals surface area contributed by atoms with Gasteiger partial charge in [-0.15, -0.1) is 0 Å². The molecule has 2 fully saturated rings. The number of nitro groups is 1. The monoisotopic (exact) mass is 430 g/mol. The zero-order valence-electron chi connectivity index (χ0n) is 16.5. The minimum atomic E-state index is -4.64. The van der Waals surface area contributed by atoms with Gasteiger partial charge in [-0.25, -0.2) is 0 Å². The van der Waals surface area contributed by atoms with Crippen LogP contribution in [0.15, 0.2) is 18.2 Å². The molecule has 0 bridgehead atoms. The minimum absolute atomic E-state index is 0.0511. The van der Waals surface area contributed by atoms with Crippen LogP contribution >= 0.6 is 0 Å². The van der Waals surface area contributed by atoms with Gasteiger partial charge in [0, 0.05) is 51.3 Å². The first-order valence-electron chi connectivity index (χ1n) is 9.94. The highest BCUT2D eigenvalue weighted by molar-refractivity contribution is 5.79. The molecule has 2 heterocycles. The maximum Gasteiger partial charge on any atom is 0.416 e. The average molecular weight is 430 g/mol. The number of ether oxygens (including phenoxy) is 1. The minimum Gasteiger partial charge on any atom is -0.379 e. The van der Waals surface area contributed by atoms with Gasteiger partial charge in [0.25, 0.3) is 5.69 Å². The predicted molar refractivity (Wildman–Crippen MR) is 103 cm³/mol. The van der Waals surface area contributed by atoms with Crippen LogP contribution < -0.4 is 10.2 Å². The SMILES string of the molecule is O=C(NCCN1CCOCC1)C1CCN(c2ccc(C(F)(F)F)cc2[N+](=O)[O-])CC1. The number of halogens is 3. The zero-order chi connectivity index (χ0) is 21.7. The molecule has 2 aliphatic heterocycles. The van der Waals surface area contributed by atoms with Gasteiger partial charge in [0.2, 0.25) is 5.91 Å². The average Bonchev–Trinajstić information content (AvgIpc) is 2.73. The Balaban J connectivity index is 1.53. The fourth-order valence-corrected chi connectivity index (χ4v) is 3.80. The summed E-state index contributed by atoms with van der Waals surface area (Å²) in [5.41, 5.74) is -1.47. The lowest BCUT2D eigenvalue weighted by Crippen LogP contribution is -2.44. The number of anilines is 1. The molecule has 0 aliphatic carbocycles. The first-order chi connectivity index (χ1) is 14.3. The van der Waals surface area contributed by atoms with Crippen molar-refractivity contribution in [3.05, 3.63) is 33.9 Å². The van der Waals surface area contributed by atoms with Gasteiger partial charge in [-0.05, 0) is 25.0 Å². The fraction of sp³-hybridized carbons (Fsp3) is 0.632. The molecule has 2 saturated heterocycles. The van der Waals surface area contributed by atoms with Gasteiger partial charge in [-0.3, -0.25) is 19.8 Å². The standard InChI is InChI=1S/C19H25F3N4O4/c20-19(21,22)15-1-2-16(17(13-15)26(28)29)25-6-3-14(4-7-25)18(27)23-5-8-24-9-11-30-12-10-24/h1-2,13-14H,3-12H2,(H,23,27). The summed E-state index contributed by atoms with van der Waals surface area (Å²) in [5.74, 6) is -0.260. The Hall–Kier alpha value is -2.40. The number of hydrogen-bond donors (Lipinski definition) is 1. The molecular weight excluding hydrogens is 405 g/mol. The van der Waals surface area contributed by atoms with Crippen molar-refractivity contribution in [3.8, 4) is 0 Å². The van der Waals surface area contributed by atoms with E-state index < -0.39 is 22.4 Å². The highest BCUT2D eigenvalue weighted by Crippen LogP contribution is 2.37. The number of nitrogens with one attached hydrogen (secondary N) is 1. The summed E-state index contributed by atoms with van der Waals surface area (Å²) >= 11 is 0. The van der Waals surface area contributed by atoms with E-state index in [1.165, 1.54) is 0 Å². The molecule has 0 atom stereocenters. The summed E-state index contributed by atoms with van der Waals surface area (Å²) < 4.78 is 43.9. The first kappa shape index (κ1) is 22.3. The van der Waals surface area contributed by atoms with Crippen LogP contribution in [0.3, 0.4) is 0 Å².